The molecular formula is C19H27NO2. The number of ketones is 1. The molecular weight excluding hydrogens is 274 g/mol. The summed E-state index contributed by atoms with van der Waals surface area (Å²) in [6.07, 6.45) is 5.97. The maximum Gasteiger partial charge on any atom is 0.223 e. The summed E-state index contributed by atoms with van der Waals surface area (Å²) in [6.45, 7) is 5.73. The first-order valence-corrected chi connectivity index (χ1v) is 8.58. The van der Waals surface area contributed by atoms with E-state index in [-0.39, 0.29) is 11.7 Å². The summed E-state index contributed by atoms with van der Waals surface area (Å²) >= 11 is 0. The topological polar surface area (TPSA) is 37.4 Å². The van der Waals surface area contributed by atoms with E-state index in [2.05, 4.69) is 19.9 Å². The van der Waals surface area contributed by atoms with Crippen molar-refractivity contribution in [3.8, 4) is 0 Å². The molecule has 0 fully saturated rings. The second kappa shape index (κ2) is 8.11. The van der Waals surface area contributed by atoms with Crippen LogP contribution in [-0.4, -0.2) is 29.7 Å². The van der Waals surface area contributed by atoms with Crippen LogP contribution in [0.1, 0.15) is 67.4 Å². The highest BCUT2D eigenvalue weighted by molar-refractivity contribution is 5.98. The molecule has 0 aliphatic heterocycles. The van der Waals surface area contributed by atoms with Crippen molar-refractivity contribution in [2.75, 3.05) is 13.1 Å². The first-order valence-electron chi connectivity index (χ1n) is 8.58. The summed E-state index contributed by atoms with van der Waals surface area (Å²) in [5, 5.41) is 0. The van der Waals surface area contributed by atoms with Gasteiger partial charge in [0, 0.05) is 31.5 Å². The van der Waals surface area contributed by atoms with Crippen LogP contribution in [0.4, 0.5) is 0 Å². The van der Waals surface area contributed by atoms with Gasteiger partial charge in [-0.05, 0) is 49.3 Å². The molecule has 1 aromatic carbocycles. The molecule has 0 saturated heterocycles. The molecule has 0 unspecified atom stereocenters. The standard InChI is InChI=1S/C19H27NO2/c1-3-12-20(13-4-2)19(22)11-10-18(21)17-9-8-15-6-5-7-16(15)14-17/h8-9,14H,3-7,10-13H2,1-2H3. The van der Waals surface area contributed by atoms with Crippen LogP contribution in [0.5, 0.6) is 0 Å². The van der Waals surface area contributed by atoms with Gasteiger partial charge in [0.15, 0.2) is 5.78 Å². The number of carbonyl (C=O) groups is 2. The highest BCUT2D eigenvalue weighted by Gasteiger charge is 2.17. The fourth-order valence-corrected chi connectivity index (χ4v) is 3.17. The number of Topliss-reactive ketones (excluding diaryl/α,β-unsaturated/α-hetero) is 1. The molecule has 1 aliphatic carbocycles. The third-order valence-electron chi connectivity index (χ3n) is 4.33. The van der Waals surface area contributed by atoms with Crippen LogP contribution in [0.3, 0.4) is 0 Å². The molecule has 0 N–H and O–H groups in total. The molecule has 0 bridgehead atoms. The number of amides is 1. The van der Waals surface area contributed by atoms with Crippen molar-refractivity contribution in [1.29, 1.82) is 0 Å². The Morgan fingerprint density at radius 2 is 1.68 bits per heavy atom. The van der Waals surface area contributed by atoms with Crippen molar-refractivity contribution >= 4 is 11.7 Å². The van der Waals surface area contributed by atoms with Gasteiger partial charge >= 0.3 is 0 Å². The molecule has 0 aromatic heterocycles. The first-order chi connectivity index (χ1) is 10.7. The Hall–Kier alpha value is -1.64. The monoisotopic (exact) mass is 301 g/mol. The average molecular weight is 301 g/mol. The van der Waals surface area contributed by atoms with E-state index < -0.39 is 0 Å². The number of benzene rings is 1. The smallest absolute Gasteiger partial charge is 0.223 e. The molecule has 1 aliphatic rings. The van der Waals surface area contributed by atoms with E-state index in [1.165, 1.54) is 17.5 Å². The van der Waals surface area contributed by atoms with Gasteiger partial charge in [-0.2, -0.15) is 0 Å². The Morgan fingerprint density at radius 3 is 2.36 bits per heavy atom. The molecule has 2 rings (SSSR count). The van der Waals surface area contributed by atoms with Gasteiger partial charge in [0.05, 0.1) is 0 Å². The van der Waals surface area contributed by atoms with Crippen molar-refractivity contribution in [3.63, 3.8) is 0 Å². The highest BCUT2D eigenvalue weighted by Crippen LogP contribution is 2.23. The SMILES string of the molecule is CCCN(CCC)C(=O)CCC(=O)c1ccc2c(c1)CCC2. The normalized spacial score (nSPS) is 13.0. The predicted octanol–water partition coefficient (Wildman–Crippen LogP) is 3.79. The van der Waals surface area contributed by atoms with Gasteiger partial charge in [0.25, 0.3) is 0 Å². The highest BCUT2D eigenvalue weighted by atomic mass is 16.2. The lowest BCUT2D eigenvalue weighted by Crippen LogP contribution is -2.32. The number of carbonyl (C=O) groups excluding carboxylic acids is 2. The van der Waals surface area contributed by atoms with Crippen LogP contribution in [0.25, 0.3) is 0 Å². The second-order valence-electron chi connectivity index (χ2n) is 6.14. The van der Waals surface area contributed by atoms with E-state index >= 15 is 0 Å². The molecule has 120 valence electrons. The largest absolute Gasteiger partial charge is 0.343 e. The van der Waals surface area contributed by atoms with Gasteiger partial charge in [0.2, 0.25) is 5.91 Å². The van der Waals surface area contributed by atoms with E-state index in [4.69, 9.17) is 0 Å². The molecule has 0 saturated carbocycles. The van der Waals surface area contributed by atoms with Gasteiger partial charge in [-0.1, -0.05) is 26.0 Å². The molecule has 22 heavy (non-hydrogen) atoms. The van der Waals surface area contributed by atoms with Crippen LogP contribution in [0, 0.1) is 0 Å². The zero-order valence-corrected chi connectivity index (χ0v) is 13.9. The Balaban J connectivity index is 1.90. The number of aryl methyl sites for hydroxylation is 2. The molecule has 3 heteroatoms. The van der Waals surface area contributed by atoms with E-state index in [9.17, 15) is 9.59 Å². The molecule has 0 spiro atoms. The van der Waals surface area contributed by atoms with Crippen LogP contribution < -0.4 is 0 Å². The van der Waals surface area contributed by atoms with Crippen molar-refractivity contribution in [1.82, 2.24) is 4.90 Å². The fourth-order valence-electron chi connectivity index (χ4n) is 3.17. The quantitative estimate of drug-likeness (QED) is 0.685. The van der Waals surface area contributed by atoms with Gasteiger partial charge < -0.3 is 4.90 Å². The van der Waals surface area contributed by atoms with E-state index in [0.29, 0.717) is 12.8 Å². The molecule has 0 atom stereocenters. The third kappa shape index (κ3) is 4.19. The van der Waals surface area contributed by atoms with Crippen LogP contribution in [0.2, 0.25) is 0 Å². The van der Waals surface area contributed by atoms with Crippen LogP contribution in [-0.2, 0) is 17.6 Å². The zero-order valence-electron chi connectivity index (χ0n) is 13.9. The minimum atomic E-state index is 0.0935. The lowest BCUT2D eigenvalue weighted by molar-refractivity contribution is -0.131. The summed E-state index contributed by atoms with van der Waals surface area (Å²) in [5.74, 6) is 0.203. The maximum absolute atomic E-state index is 12.3. The van der Waals surface area contributed by atoms with Gasteiger partial charge in [0.1, 0.15) is 0 Å². The van der Waals surface area contributed by atoms with Crippen molar-refractivity contribution < 1.29 is 9.59 Å². The Morgan fingerprint density at radius 1 is 1.00 bits per heavy atom. The molecule has 0 heterocycles. The maximum atomic E-state index is 12.3. The summed E-state index contributed by atoms with van der Waals surface area (Å²) in [4.78, 5) is 26.4. The average Bonchev–Trinajstić information content (AvgIpc) is 2.99. The number of nitrogens with zero attached hydrogens (tertiary/aromatic N) is 1. The van der Waals surface area contributed by atoms with Crippen LogP contribution >= 0.6 is 0 Å². The van der Waals surface area contributed by atoms with E-state index in [1.54, 1.807) is 0 Å². The van der Waals surface area contributed by atoms with Gasteiger partial charge in [-0.3, -0.25) is 9.59 Å². The lowest BCUT2D eigenvalue weighted by atomic mass is 10.0. The molecule has 1 amide bonds. The number of hydrogen-bond donors (Lipinski definition) is 0. The minimum absolute atomic E-state index is 0.0935. The zero-order chi connectivity index (χ0) is 15.9. The minimum Gasteiger partial charge on any atom is -0.343 e. The summed E-state index contributed by atoms with van der Waals surface area (Å²) in [5.41, 5.74) is 3.46. The van der Waals surface area contributed by atoms with Gasteiger partial charge in [-0.15, -0.1) is 0 Å². The Labute approximate surface area is 133 Å². The Bertz CT molecular complexity index is 530. The lowest BCUT2D eigenvalue weighted by Gasteiger charge is -2.21. The second-order valence-corrected chi connectivity index (χ2v) is 6.14. The molecule has 0 radical (unpaired) electrons. The third-order valence-corrected chi connectivity index (χ3v) is 4.33. The first kappa shape index (κ1) is 16.7. The summed E-state index contributed by atoms with van der Waals surface area (Å²) in [7, 11) is 0. The van der Waals surface area contributed by atoms with Crippen molar-refractivity contribution in [3.05, 3.63) is 34.9 Å². The number of rotatable bonds is 8. The summed E-state index contributed by atoms with van der Waals surface area (Å²) in [6, 6.07) is 6.04. The molecule has 3 nitrogen and oxygen atoms in total. The van der Waals surface area contributed by atoms with E-state index in [1.807, 2.05) is 17.0 Å². The van der Waals surface area contributed by atoms with E-state index in [0.717, 1.165) is 44.3 Å². The van der Waals surface area contributed by atoms with Crippen molar-refractivity contribution in [2.24, 2.45) is 0 Å². The number of fused-ring (bicyclic) bond motifs is 1. The fraction of sp³-hybridized carbons (Fsp3) is 0.579. The summed E-state index contributed by atoms with van der Waals surface area (Å²) < 4.78 is 0. The molecule has 1 aromatic rings. The Kier molecular flexibility index (Phi) is 6.17. The van der Waals surface area contributed by atoms with Crippen LogP contribution in [0.15, 0.2) is 18.2 Å². The predicted molar refractivity (Wildman–Crippen MR) is 89.2 cm³/mol. The van der Waals surface area contributed by atoms with Crippen molar-refractivity contribution in [2.45, 2.75) is 58.8 Å². The number of hydrogen-bond acceptors (Lipinski definition) is 2. The van der Waals surface area contributed by atoms with Gasteiger partial charge in [-0.25, -0.2) is 0 Å².